The van der Waals surface area contributed by atoms with Crippen molar-refractivity contribution in [3.63, 3.8) is 0 Å². The number of unbranched alkanes of at least 4 members (excludes halogenated alkanes) is 5. The van der Waals surface area contributed by atoms with Crippen LogP contribution in [0.5, 0.6) is 11.5 Å². The summed E-state index contributed by atoms with van der Waals surface area (Å²) in [5.41, 5.74) is 0.422. The number of hydrogen-bond donors (Lipinski definition) is 3. The van der Waals surface area contributed by atoms with Crippen molar-refractivity contribution in [2.45, 2.75) is 57.5 Å². The molecule has 0 fully saturated rings. The first-order chi connectivity index (χ1) is 11.6. The molecule has 0 aliphatic carbocycles. The molecule has 0 amide bonds. The van der Waals surface area contributed by atoms with Gasteiger partial charge in [-0.1, -0.05) is 63.3 Å². The summed E-state index contributed by atoms with van der Waals surface area (Å²) < 4.78 is 0. The van der Waals surface area contributed by atoms with Crippen LogP contribution in [0, 0.1) is 0 Å². The second-order valence-electron chi connectivity index (χ2n) is 6.47. The zero-order valence-electron chi connectivity index (χ0n) is 14.4. The van der Waals surface area contributed by atoms with E-state index < -0.39 is 5.60 Å². The van der Waals surface area contributed by atoms with Crippen LogP contribution in [0.15, 0.2) is 48.5 Å². The normalized spacial score (nSPS) is 11.6. The minimum atomic E-state index is -1.11. The Morgan fingerprint density at radius 2 is 1.08 bits per heavy atom. The highest BCUT2D eigenvalue weighted by Gasteiger charge is 2.31. The lowest BCUT2D eigenvalue weighted by Gasteiger charge is -2.29. The average molecular weight is 328 g/mol. The molecule has 2 aromatic carbocycles. The number of aromatic hydroxyl groups is 2. The SMILES string of the molecule is CCCCCCCCC(O)(c1ccc(O)cc1)c1ccc(O)cc1. The second-order valence-corrected chi connectivity index (χ2v) is 6.47. The van der Waals surface area contributed by atoms with Crippen LogP contribution in [0.3, 0.4) is 0 Å². The van der Waals surface area contributed by atoms with Gasteiger partial charge in [0.2, 0.25) is 0 Å². The van der Waals surface area contributed by atoms with Gasteiger partial charge in [0.05, 0.1) is 0 Å². The van der Waals surface area contributed by atoms with E-state index in [1.165, 1.54) is 25.7 Å². The van der Waals surface area contributed by atoms with Gasteiger partial charge < -0.3 is 15.3 Å². The van der Waals surface area contributed by atoms with Crippen molar-refractivity contribution in [1.29, 1.82) is 0 Å². The largest absolute Gasteiger partial charge is 0.508 e. The molecular formula is C21H28O3. The molecule has 3 heteroatoms. The molecule has 0 aromatic heterocycles. The summed E-state index contributed by atoms with van der Waals surface area (Å²) in [7, 11) is 0. The fourth-order valence-electron chi connectivity index (χ4n) is 3.09. The lowest BCUT2D eigenvalue weighted by atomic mass is 9.82. The van der Waals surface area contributed by atoms with Gasteiger partial charge in [-0.05, 0) is 48.2 Å². The quantitative estimate of drug-likeness (QED) is 0.562. The van der Waals surface area contributed by atoms with Crippen LogP contribution in [0.25, 0.3) is 0 Å². The minimum Gasteiger partial charge on any atom is -0.508 e. The smallest absolute Gasteiger partial charge is 0.115 e. The van der Waals surface area contributed by atoms with Crippen molar-refractivity contribution in [3.8, 4) is 11.5 Å². The summed E-state index contributed by atoms with van der Waals surface area (Å²) in [4.78, 5) is 0. The Morgan fingerprint density at radius 1 is 0.667 bits per heavy atom. The Labute approximate surface area is 144 Å². The molecule has 24 heavy (non-hydrogen) atoms. The topological polar surface area (TPSA) is 60.7 Å². The molecular weight excluding hydrogens is 300 g/mol. The van der Waals surface area contributed by atoms with Crippen LogP contribution in [0.4, 0.5) is 0 Å². The molecule has 0 aliphatic heterocycles. The minimum absolute atomic E-state index is 0.186. The van der Waals surface area contributed by atoms with Crippen LogP contribution in [0.1, 0.15) is 63.0 Å². The van der Waals surface area contributed by atoms with Gasteiger partial charge in [0.1, 0.15) is 17.1 Å². The molecule has 2 rings (SSSR count). The highest BCUT2D eigenvalue weighted by molar-refractivity contribution is 5.40. The van der Waals surface area contributed by atoms with E-state index in [1.54, 1.807) is 48.5 Å². The number of rotatable bonds is 9. The Hall–Kier alpha value is -2.00. The number of phenols is 2. The van der Waals surface area contributed by atoms with Crippen LogP contribution in [-0.4, -0.2) is 15.3 Å². The molecule has 3 N–H and O–H groups in total. The Kier molecular flexibility index (Phi) is 6.68. The molecule has 0 unspecified atom stereocenters. The second kappa shape index (κ2) is 8.74. The van der Waals surface area contributed by atoms with Gasteiger partial charge in [0, 0.05) is 0 Å². The molecule has 0 saturated carbocycles. The Bertz CT molecular complexity index is 556. The van der Waals surface area contributed by atoms with Crippen LogP contribution < -0.4 is 0 Å². The van der Waals surface area contributed by atoms with Crippen LogP contribution in [-0.2, 0) is 5.60 Å². The number of hydrogen-bond acceptors (Lipinski definition) is 3. The van der Waals surface area contributed by atoms with Crippen LogP contribution in [0.2, 0.25) is 0 Å². The maximum Gasteiger partial charge on any atom is 0.115 e. The average Bonchev–Trinajstić information content (AvgIpc) is 2.59. The summed E-state index contributed by atoms with van der Waals surface area (Å²) >= 11 is 0. The van der Waals surface area contributed by atoms with Gasteiger partial charge in [-0.3, -0.25) is 0 Å². The summed E-state index contributed by atoms with van der Waals surface area (Å²) in [6.45, 7) is 2.20. The first-order valence-corrected chi connectivity index (χ1v) is 8.87. The predicted octanol–water partition coefficient (Wildman–Crippen LogP) is 5.08. The number of benzene rings is 2. The van der Waals surface area contributed by atoms with Gasteiger partial charge in [-0.15, -0.1) is 0 Å². The molecule has 0 saturated heterocycles. The maximum atomic E-state index is 11.4. The van der Waals surface area contributed by atoms with E-state index in [9.17, 15) is 15.3 Å². The maximum absolute atomic E-state index is 11.4. The summed E-state index contributed by atoms with van der Waals surface area (Å²) in [6.07, 6.45) is 7.57. The molecule has 0 heterocycles. The summed E-state index contributed by atoms with van der Waals surface area (Å²) in [5.74, 6) is 0.373. The van der Waals surface area contributed by atoms with Crippen LogP contribution >= 0.6 is 0 Å². The molecule has 130 valence electrons. The van der Waals surface area contributed by atoms with Gasteiger partial charge in [0.15, 0.2) is 0 Å². The highest BCUT2D eigenvalue weighted by atomic mass is 16.3. The van der Waals surface area contributed by atoms with Crippen molar-refractivity contribution in [2.24, 2.45) is 0 Å². The number of aliphatic hydroxyl groups is 1. The van der Waals surface area contributed by atoms with E-state index >= 15 is 0 Å². The third-order valence-electron chi connectivity index (χ3n) is 4.58. The summed E-state index contributed by atoms with van der Waals surface area (Å²) in [6, 6.07) is 13.4. The Morgan fingerprint density at radius 3 is 1.54 bits per heavy atom. The zero-order valence-corrected chi connectivity index (χ0v) is 14.4. The molecule has 0 atom stereocenters. The van der Waals surface area contributed by atoms with Crippen molar-refractivity contribution in [2.75, 3.05) is 0 Å². The van der Waals surface area contributed by atoms with Gasteiger partial charge in [-0.2, -0.15) is 0 Å². The zero-order chi connectivity index (χ0) is 17.4. The third kappa shape index (κ3) is 4.75. The van der Waals surface area contributed by atoms with Gasteiger partial charge in [0.25, 0.3) is 0 Å². The first-order valence-electron chi connectivity index (χ1n) is 8.87. The predicted molar refractivity (Wildman–Crippen MR) is 97.2 cm³/mol. The third-order valence-corrected chi connectivity index (χ3v) is 4.58. The van der Waals surface area contributed by atoms with Crippen molar-refractivity contribution >= 4 is 0 Å². The molecule has 2 aromatic rings. The van der Waals surface area contributed by atoms with Gasteiger partial charge >= 0.3 is 0 Å². The lowest BCUT2D eigenvalue weighted by molar-refractivity contribution is 0.0678. The van der Waals surface area contributed by atoms with Crippen molar-refractivity contribution in [3.05, 3.63) is 59.7 Å². The highest BCUT2D eigenvalue weighted by Crippen LogP contribution is 2.36. The van der Waals surface area contributed by atoms with E-state index in [-0.39, 0.29) is 11.5 Å². The van der Waals surface area contributed by atoms with E-state index in [1.807, 2.05) is 0 Å². The first kappa shape index (κ1) is 18.3. The Balaban J connectivity index is 2.15. The molecule has 0 bridgehead atoms. The van der Waals surface area contributed by atoms with E-state index in [4.69, 9.17) is 0 Å². The molecule has 0 radical (unpaired) electrons. The lowest BCUT2D eigenvalue weighted by Crippen LogP contribution is -2.27. The summed E-state index contributed by atoms with van der Waals surface area (Å²) in [5, 5.41) is 30.4. The molecule has 3 nitrogen and oxygen atoms in total. The van der Waals surface area contributed by atoms with Gasteiger partial charge in [-0.25, -0.2) is 0 Å². The molecule has 0 spiro atoms. The van der Waals surface area contributed by atoms with Crippen molar-refractivity contribution in [1.82, 2.24) is 0 Å². The number of phenolic OH excluding ortho intramolecular Hbond substituents is 2. The van der Waals surface area contributed by atoms with E-state index in [2.05, 4.69) is 6.92 Å². The fourth-order valence-corrected chi connectivity index (χ4v) is 3.09. The van der Waals surface area contributed by atoms with E-state index in [0.29, 0.717) is 6.42 Å². The monoisotopic (exact) mass is 328 g/mol. The standard InChI is InChI=1S/C21H28O3/c1-2-3-4-5-6-7-16-21(24,17-8-12-19(22)13-9-17)18-10-14-20(23)15-11-18/h8-15,22-24H,2-7,16H2,1H3. The fraction of sp³-hybridized carbons (Fsp3) is 0.429. The van der Waals surface area contributed by atoms with E-state index in [0.717, 1.165) is 24.0 Å². The van der Waals surface area contributed by atoms with Crippen molar-refractivity contribution < 1.29 is 15.3 Å². The molecule has 0 aliphatic rings.